The standard InChI is InChI=1S/C39H36N4O5S/c1-24-9-18-32-34(19-24)49-38(41-32)28-14-16-30(17-15-28)40-37(45)33-20-29(21-35(48-33)47-23-27-12-10-26(22-44)11-13-27)36-25(2)42(3)43(39(36)46)31-7-5-4-6-8-31/h4-20,29,35,44H,21-23H2,1-3H3,(H,40,45)/t29-,35+/m1/s1. The van der Waals surface area contributed by atoms with Gasteiger partial charge in [-0.25, -0.2) is 9.67 Å². The first-order valence-corrected chi connectivity index (χ1v) is 16.9. The Labute approximate surface area is 287 Å². The first-order valence-electron chi connectivity index (χ1n) is 16.1. The number of thiazole rings is 1. The average Bonchev–Trinajstić information content (AvgIpc) is 3.64. The SMILES string of the molecule is Cc1ccc2nc(-c3ccc(NC(=O)C4=C[C@@H](c5c(C)n(C)n(-c6ccccc6)c5=O)C[C@@H](OCc5ccc(CO)cc5)O4)cc3)sc2c1. The van der Waals surface area contributed by atoms with E-state index in [1.54, 1.807) is 22.1 Å². The number of aromatic nitrogens is 3. The normalized spacial score (nSPS) is 16.0. The van der Waals surface area contributed by atoms with E-state index >= 15 is 0 Å². The maximum atomic E-state index is 14.0. The zero-order valence-electron chi connectivity index (χ0n) is 27.4. The molecule has 6 aromatic rings. The van der Waals surface area contributed by atoms with E-state index in [0.717, 1.165) is 43.3 Å². The van der Waals surface area contributed by atoms with Crippen LogP contribution >= 0.6 is 11.3 Å². The number of amides is 1. The lowest BCUT2D eigenvalue weighted by atomic mass is 9.93. The van der Waals surface area contributed by atoms with Gasteiger partial charge < -0.3 is 19.9 Å². The van der Waals surface area contributed by atoms with Gasteiger partial charge in [0.15, 0.2) is 5.76 Å². The smallest absolute Gasteiger partial charge is 0.290 e. The summed E-state index contributed by atoms with van der Waals surface area (Å²) in [5, 5.41) is 13.3. The van der Waals surface area contributed by atoms with Crippen molar-refractivity contribution in [3.05, 3.63) is 147 Å². The first kappa shape index (κ1) is 32.3. The summed E-state index contributed by atoms with van der Waals surface area (Å²) in [5.74, 6) is -0.799. The van der Waals surface area contributed by atoms with Crippen molar-refractivity contribution in [1.82, 2.24) is 14.3 Å². The Morgan fingerprint density at radius 3 is 2.47 bits per heavy atom. The summed E-state index contributed by atoms with van der Waals surface area (Å²) in [7, 11) is 1.85. The number of fused-ring (bicyclic) bond motifs is 1. The number of aryl methyl sites for hydroxylation is 1. The number of para-hydroxylation sites is 1. The third kappa shape index (κ3) is 6.71. The van der Waals surface area contributed by atoms with Crippen LogP contribution in [0.5, 0.6) is 0 Å². The predicted molar refractivity (Wildman–Crippen MR) is 192 cm³/mol. The summed E-state index contributed by atoms with van der Waals surface area (Å²) in [6, 6.07) is 30.7. The van der Waals surface area contributed by atoms with Crippen LogP contribution in [0.2, 0.25) is 0 Å². The number of ether oxygens (including phenoxy) is 2. The second-order valence-corrected chi connectivity index (χ2v) is 13.2. The highest BCUT2D eigenvalue weighted by molar-refractivity contribution is 7.21. The Morgan fingerprint density at radius 1 is 1.00 bits per heavy atom. The maximum Gasteiger partial charge on any atom is 0.290 e. The number of carbonyl (C=O) groups is 1. The number of allylic oxidation sites excluding steroid dienone is 1. The third-order valence-corrected chi connectivity index (χ3v) is 9.89. The Bertz CT molecular complexity index is 2220. The molecule has 0 spiro atoms. The number of rotatable bonds is 9. The topological polar surface area (TPSA) is 108 Å². The summed E-state index contributed by atoms with van der Waals surface area (Å²) < 4.78 is 16.9. The number of benzene rings is 4. The van der Waals surface area contributed by atoms with Crippen molar-refractivity contribution in [2.45, 2.75) is 45.7 Å². The second-order valence-electron chi connectivity index (χ2n) is 12.2. The molecule has 0 aliphatic carbocycles. The van der Waals surface area contributed by atoms with Crippen LogP contribution in [0.15, 0.2) is 114 Å². The van der Waals surface area contributed by atoms with E-state index in [0.29, 0.717) is 17.7 Å². The monoisotopic (exact) mass is 672 g/mol. The van der Waals surface area contributed by atoms with Gasteiger partial charge in [-0.1, -0.05) is 48.5 Å². The molecule has 1 aliphatic rings. The summed E-state index contributed by atoms with van der Waals surface area (Å²) >= 11 is 1.63. The molecule has 1 amide bonds. The summed E-state index contributed by atoms with van der Waals surface area (Å²) in [6.45, 7) is 4.16. The molecule has 0 unspecified atom stereocenters. The number of aliphatic hydroxyl groups is 1. The molecule has 4 aromatic carbocycles. The van der Waals surface area contributed by atoms with Gasteiger partial charge in [0.25, 0.3) is 11.5 Å². The molecule has 0 bridgehead atoms. The van der Waals surface area contributed by atoms with Crippen LogP contribution in [0.1, 0.15) is 40.3 Å². The van der Waals surface area contributed by atoms with Crippen LogP contribution in [0.25, 0.3) is 26.5 Å². The molecular weight excluding hydrogens is 637 g/mol. The van der Waals surface area contributed by atoms with Gasteiger partial charge >= 0.3 is 0 Å². The van der Waals surface area contributed by atoms with Crippen molar-refractivity contribution in [3.63, 3.8) is 0 Å². The van der Waals surface area contributed by atoms with Gasteiger partial charge in [-0.3, -0.25) is 14.3 Å². The molecule has 2 aromatic heterocycles. The Kier molecular flexibility index (Phi) is 9.01. The fourth-order valence-electron chi connectivity index (χ4n) is 6.11. The van der Waals surface area contributed by atoms with Crippen LogP contribution in [0, 0.1) is 13.8 Å². The number of anilines is 1. The predicted octanol–water partition coefficient (Wildman–Crippen LogP) is 7.13. The van der Waals surface area contributed by atoms with Crippen LogP contribution in [-0.2, 0) is 34.5 Å². The van der Waals surface area contributed by atoms with E-state index in [2.05, 4.69) is 24.4 Å². The lowest BCUT2D eigenvalue weighted by Crippen LogP contribution is -2.31. The Balaban J connectivity index is 1.15. The van der Waals surface area contributed by atoms with Crippen LogP contribution in [-0.4, -0.2) is 31.7 Å². The zero-order valence-corrected chi connectivity index (χ0v) is 28.2. The van der Waals surface area contributed by atoms with Crippen molar-refractivity contribution in [2.24, 2.45) is 7.05 Å². The van der Waals surface area contributed by atoms with Crippen molar-refractivity contribution in [2.75, 3.05) is 5.32 Å². The molecule has 2 atom stereocenters. The van der Waals surface area contributed by atoms with Crippen molar-refractivity contribution >= 4 is 33.1 Å². The fourth-order valence-corrected chi connectivity index (χ4v) is 7.18. The number of nitrogens with zero attached hydrogens (tertiary/aromatic N) is 3. The molecule has 248 valence electrons. The van der Waals surface area contributed by atoms with E-state index in [9.17, 15) is 14.7 Å². The van der Waals surface area contributed by atoms with Crippen molar-refractivity contribution in [3.8, 4) is 16.3 Å². The molecule has 49 heavy (non-hydrogen) atoms. The largest absolute Gasteiger partial charge is 0.459 e. The van der Waals surface area contributed by atoms with Gasteiger partial charge in [0.05, 0.1) is 29.1 Å². The van der Waals surface area contributed by atoms with Gasteiger partial charge in [-0.2, -0.15) is 0 Å². The van der Waals surface area contributed by atoms with E-state index < -0.39 is 18.1 Å². The molecule has 0 saturated carbocycles. The number of carbonyl (C=O) groups excluding carboxylic acids is 1. The fraction of sp³-hybridized carbons (Fsp3) is 0.205. The summed E-state index contributed by atoms with van der Waals surface area (Å²) in [6.07, 6.45) is 1.28. The minimum Gasteiger partial charge on any atom is -0.459 e. The lowest BCUT2D eigenvalue weighted by Gasteiger charge is -2.29. The molecule has 10 heteroatoms. The van der Waals surface area contributed by atoms with Gasteiger partial charge in [-0.15, -0.1) is 11.3 Å². The average molecular weight is 673 g/mol. The van der Waals surface area contributed by atoms with Crippen LogP contribution < -0.4 is 10.9 Å². The highest BCUT2D eigenvalue weighted by Gasteiger charge is 2.33. The minimum absolute atomic E-state index is 0.0425. The highest BCUT2D eigenvalue weighted by atomic mass is 32.1. The first-order chi connectivity index (χ1) is 23.8. The molecule has 0 fully saturated rings. The maximum absolute atomic E-state index is 14.0. The second kappa shape index (κ2) is 13.7. The molecule has 0 radical (unpaired) electrons. The van der Waals surface area contributed by atoms with Gasteiger partial charge in [-0.05, 0) is 85.1 Å². The van der Waals surface area contributed by atoms with Gasteiger partial charge in [0.2, 0.25) is 6.29 Å². The molecule has 1 aliphatic heterocycles. The molecule has 0 saturated heterocycles. The highest BCUT2D eigenvalue weighted by Crippen LogP contribution is 2.34. The quantitative estimate of drug-likeness (QED) is 0.169. The third-order valence-electron chi connectivity index (χ3n) is 8.83. The van der Waals surface area contributed by atoms with Crippen LogP contribution in [0.4, 0.5) is 5.69 Å². The van der Waals surface area contributed by atoms with E-state index in [1.807, 2.05) is 104 Å². The molecular formula is C39H36N4O5S. The van der Waals surface area contributed by atoms with Crippen molar-refractivity contribution in [1.29, 1.82) is 0 Å². The number of hydrogen-bond donors (Lipinski definition) is 2. The van der Waals surface area contributed by atoms with E-state index in [-0.39, 0.29) is 24.5 Å². The van der Waals surface area contributed by atoms with Crippen molar-refractivity contribution < 1.29 is 19.4 Å². The molecule has 7 rings (SSSR count). The number of hydrogen-bond acceptors (Lipinski definition) is 7. The zero-order chi connectivity index (χ0) is 34.1. The molecule has 3 heterocycles. The Morgan fingerprint density at radius 2 is 1.73 bits per heavy atom. The van der Waals surface area contributed by atoms with Gasteiger partial charge in [0, 0.05) is 41.9 Å². The summed E-state index contributed by atoms with van der Waals surface area (Å²) in [5.41, 5.74) is 7.36. The number of aliphatic hydroxyl groups excluding tert-OH is 1. The van der Waals surface area contributed by atoms with Crippen LogP contribution in [0.3, 0.4) is 0 Å². The number of nitrogens with one attached hydrogen (secondary N) is 1. The molecule has 2 N–H and O–H groups in total. The summed E-state index contributed by atoms with van der Waals surface area (Å²) in [4.78, 5) is 32.4. The van der Waals surface area contributed by atoms with E-state index in [4.69, 9.17) is 14.5 Å². The van der Waals surface area contributed by atoms with Gasteiger partial charge in [0.1, 0.15) is 5.01 Å². The Hall–Kier alpha value is -5.29. The molecule has 9 nitrogen and oxygen atoms in total. The van der Waals surface area contributed by atoms with E-state index in [1.165, 1.54) is 5.56 Å². The minimum atomic E-state index is -0.789. The lowest BCUT2D eigenvalue weighted by molar-refractivity contribution is -0.147.